The maximum atomic E-state index is 11.1. The first-order valence-corrected chi connectivity index (χ1v) is 4.21. The number of pyridine rings is 1. The fraction of sp³-hybridized carbons (Fsp3) is 0.375. The summed E-state index contributed by atoms with van der Waals surface area (Å²) < 4.78 is 5.24. The van der Waals surface area contributed by atoms with E-state index in [0.29, 0.717) is 0 Å². The van der Waals surface area contributed by atoms with Gasteiger partial charge in [0.15, 0.2) is 0 Å². The average molecular weight is 196 g/mol. The molecule has 1 aromatic rings. The zero-order valence-corrected chi connectivity index (χ0v) is 7.23. The second kappa shape index (κ2) is 3.13. The maximum Gasteiger partial charge on any atom is 0.375 e. The summed E-state index contributed by atoms with van der Waals surface area (Å²) in [6.45, 7) is 0. The number of ether oxygens (including phenoxy) is 1. The van der Waals surface area contributed by atoms with E-state index in [1.54, 1.807) is 0 Å². The number of nitro groups is 1. The van der Waals surface area contributed by atoms with Crippen molar-refractivity contribution in [3.8, 4) is 5.75 Å². The first kappa shape index (κ1) is 8.74. The van der Waals surface area contributed by atoms with E-state index in [2.05, 4.69) is 4.98 Å². The van der Waals surface area contributed by atoms with Gasteiger partial charge in [-0.1, -0.05) is 0 Å². The zero-order chi connectivity index (χ0) is 10.1. The molecule has 0 radical (unpaired) electrons. The summed E-state index contributed by atoms with van der Waals surface area (Å²) in [5.41, 5.74) is -1.24. The molecular weight excluding hydrogens is 188 g/mol. The van der Waals surface area contributed by atoms with Crippen molar-refractivity contribution in [3.63, 3.8) is 0 Å². The van der Waals surface area contributed by atoms with Crippen LogP contribution in [0.2, 0.25) is 0 Å². The van der Waals surface area contributed by atoms with Crippen LogP contribution in [-0.2, 0) is 0 Å². The highest BCUT2D eigenvalue weighted by atomic mass is 16.6. The summed E-state index contributed by atoms with van der Waals surface area (Å²) in [5.74, 6) is 0.0567. The molecule has 0 unspecified atom stereocenters. The van der Waals surface area contributed by atoms with E-state index < -0.39 is 16.2 Å². The van der Waals surface area contributed by atoms with Crippen LogP contribution in [0.3, 0.4) is 0 Å². The maximum absolute atomic E-state index is 11.1. The van der Waals surface area contributed by atoms with Gasteiger partial charge in [0.05, 0.1) is 11.0 Å². The van der Waals surface area contributed by atoms with Crippen LogP contribution in [-0.4, -0.2) is 16.0 Å². The van der Waals surface area contributed by atoms with Crippen molar-refractivity contribution in [1.29, 1.82) is 0 Å². The Balaban J connectivity index is 2.40. The van der Waals surface area contributed by atoms with E-state index in [4.69, 9.17) is 4.74 Å². The Morgan fingerprint density at radius 3 is 2.86 bits per heavy atom. The fourth-order valence-corrected chi connectivity index (χ4v) is 1.09. The molecule has 14 heavy (non-hydrogen) atoms. The quantitative estimate of drug-likeness (QED) is 0.573. The number of rotatable bonds is 3. The molecule has 74 valence electrons. The normalized spacial score (nSPS) is 15.1. The molecule has 6 heteroatoms. The molecule has 0 spiro atoms. The van der Waals surface area contributed by atoms with Crippen molar-refractivity contribution in [2.24, 2.45) is 0 Å². The minimum Gasteiger partial charge on any atom is -0.483 e. The predicted octanol–water partition coefficient (Wildman–Crippen LogP) is 0.824. The number of nitrogens with one attached hydrogen (secondary N) is 1. The molecule has 1 saturated carbocycles. The van der Waals surface area contributed by atoms with Crippen LogP contribution in [0.15, 0.2) is 17.1 Å². The topological polar surface area (TPSA) is 85.2 Å². The third-order valence-electron chi connectivity index (χ3n) is 1.90. The highest BCUT2D eigenvalue weighted by Gasteiger charge is 2.28. The van der Waals surface area contributed by atoms with Crippen LogP contribution >= 0.6 is 0 Å². The van der Waals surface area contributed by atoms with Gasteiger partial charge in [0.2, 0.25) is 5.75 Å². The van der Waals surface area contributed by atoms with E-state index >= 15 is 0 Å². The van der Waals surface area contributed by atoms with Gasteiger partial charge in [-0.25, -0.2) is 0 Å². The van der Waals surface area contributed by atoms with E-state index in [1.807, 2.05) is 0 Å². The highest BCUT2D eigenvalue weighted by Crippen LogP contribution is 2.30. The molecule has 6 nitrogen and oxygen atoms in total. The van der Waals surface area contributed by atoms with E-state index in [1.165, 1.54) is 12.3 Å². The summed E-state index contributed by atoms with van der Waals surface area (Å²) in [5, 5.41) is 10.6. The Morgan fingerprint density at radius 1 is 1.57 bits per heavy atom. The molecule has 1 aromatic heterocycles. The number of hydrogen-bond donors (Lipinski definition) is 1. The van der Waals surface area contributed by atoms with Crippen molar-refractivity contribution in [3.05, 3.63) is 32.7 Å². The number of H-pyrrole nitrogens is 1. The lowest BCUT2D eigenvalue weighted by Crippen LogP contribution is -2.13. The lowest BCUT2D eigenvalue weighted by Gasteiger charge is -2.02. The molecule has 0 amide bonds. The van der Waals surface area contributed by atoms with Gasteiger partial charge >= 0.3 is 11.2 Å². The van der Waals surface area contributed by atoms with Gasteiger partial charge in [0.25, 0.3) is 0 Å². The Kier molecular flexibility index (Phi) is 1.95. The van der Waals surface area contributed by atoms with Crippen molar-refractivity contribution in [2.75, 3.05) is 0 Å². The number of hydrogen-bond acceptors (Lipinski definition) is 4. The fourth-order valence-electron chi connectivity index (χ4n) is 1.09. The van der Waals surface area contributed by atoms with Gasteiger partial charge in [-0.2, -0.15) is 0 Å². The molecular formula is C8H8N2O4. The molecule has 0 bridgehead atoms. The van der Waals surface area contributed by atoms with Gasteiger partial charge in [-0.15, -0.1) is 0 Å². The van der Waals surface area contributed by atoms with Gasteiger partial charge in [0, 0.05) is 12.3 Å². The summed E-state index contributed by atoms with van der Waals surface area (Å²) in [6, 6.07) is 1.40. The lowest BCUT2D eigenvalue weighted by molar-refractivity contribution is -0.387. The second-order valence-electron chi connectivity index (χ2n) is 3.09. The van der Waals surface area contributed by atoms with Crippen LogP contribution < -0.4 is 10.3 Å². The molecule has 1 N–H and O–H groups in total. The summed E-state index contributed by atoms with van der Waals surface area (Å²) in [6.07, 6.45) is 3.16. The predicted molar refractivity (Wildman–Crippen MR) is 47.4 cm³/mol. The molecule has 1 aliphatic carbocycles. The molecule has 0 saturated heterocycles. The van der Waals surface area contributed by atoms with Crippen LogP contribution in [0.25, 0.3) is 0 Å². The number of nitrogens with zero attached hydrogens (tertiary/aromatic N) is 1. The molecule has 0 atom stereocenters. The minimum absolute atomic E-state index is 0.0375. The standard InChI is InChI=1S/C8H8N2O4/c11-8-7(10(12)13)6(3-4-9-8)14-5-1-2-5/h3-5H,1-2H2,(H,9,11). The molecule has 0 aliphatic heterocycles. The van der Waals surface area contributed by atoms with Gasteiger partial charge in [-0.3, -0.25) is 14.9 Å². The molecule has 1 aliphatic rings. The molecule has 1 fully saturated rings. The lowest BCUT2D eigenvalue weighted by atomic mass is 10.4. The highest BCUT2D eigenvalue weighted by molar-refractivity contribution is 5.43. The van der Waals surface area contributed by atoms with E-state index in [0.717, 1.165) is 12.8 Å². The van der Waals surface area contributed by atoms with E-state index in [-0.39, 0.29) is 11.9 Å². The van der Waals surface area contributed by atoms with Crippen LogP contribution in [0.4, 0.5) is 5.69 Å². The van der Waals surface area contributed by atoms with E-state index in [9.17, 15) is 14.9 Å². The first-order chi connectivity index (χ1) is 6.68. The van der Waals surface area contributed by atoms with Gasteiger partial charge in [-0.05, 0) is 12.8 Å². The Morgan fingerprint density at radius 2 is 2.29 bits per heavy atom. The third kappa shape index (κ3) is 1.59. The summed E-state index contributed by atoms with van der Waals surface area (Å²) in [4.78, 5) is 23.2. The summed E-state index contributed by atoms with van der Waals surface area (Å²) >= 11 is 0. The Labute approximate surface area is 78.7 Å². The van der Waals surface area contributed by atoms with Crippen molar-refractivity contribution >= 4 is 5.69 Å². The molecule has 1 heterocycles. The summed E-state index contributed by atoms with van der Waals surface area (Å²) in [7, 11) is 0. The van der Waals surface area contributed by atoms with Gasteiger partial charge in [0.1, 0.15) is 0 Å². The van der Waals surface area contributed by atoms with Crippen molar-refractivity contribution in [2.45, 2.75) is 18.9 Å². The Bertz CT molecular complexity index is 422. The minimum atomic E-state index is -0.729. The first-order valence-electron chi connectivity index (χ1n) is 4.21. The molecule has 2 rings (SSSR count). The van der Waals surface area contributed by atoms with Crippen molar-refractivity contribution < 1.29 is 9.66 Å². The van der Waals surface area contributed by atoms with Crippen LogP contribution in [0, 0.1) is 10.1 Å². The van der Waals surface area contributed by atoms with Crippen LogP contribution in [0.1, 0.15) is 12.8 Å². The Hall–Kier alpha value is -1.85. The third-order valence-corrected chi connectivity index (χ3v) is 1.90. The zero-order valence-electron chi connectivity index (χ0n) is 7.23. The average Bonchev–Trinajstić information content (AvgIpc) is 2.87. The largest absolute Gasteiger partial charge is 0.483 e. The number of aromatic nitrogens is 1. The smallest absolute Gasteiger partial charge is 0.375 e. The molecule has 0 aromatic carbocycles. The van der Waals surface area contributed by atoms with Gasteiger partial charge < -0.3 is 9.72 Å². The SMILES string of the molecule is O=c1[nH]ccc(OC2CC2)c1[N+](=O)[O-]. The second-order valence-corrected chi connectivity index (χ2v) is 3.09. The monoisotopic (exact) mass is 196 g/mol. The van der Waals surface area contributed by atoms with Crippen molar-refractivity contribution in [1.82, 2.24) is 4.98 Å². The van der Waals surface area contributed by atoms with Crippen LogP contribution in [0.5, 0.6) is 5.75 Å². The number of aromatic amines is 1.